The fraction of sp³-hybridized carbons (Fsp3) is 0.462. The van der Waals surface area contributed by atoms with Gasteiger partial charge in [-0.05, 0) is 25.1 Å². The summed E-state index contributed by atoms with van der Waals surface area (Å²) in [5.41, 5.74) is 0.397. The van der Waals surface area contributed by atoms with E-state index in [1.54, 1.807) is 18.2 Å². The van der Waals surface area contributed by atoms with Crippen LogP contribution in [0.1, 0.15) is 13.8 Å². The van der Waals surface area contributed by atoms with E-state index in [0.29, 0.717) is 5.69 Å². The van der Waals surface area contributed by atoms with Crippen molar-refractivity contribution in [2.24, 2.45) is 11.8 Å². The molecule has 1 aromatic rings. The van der Waals surface area contributed by atoms with Crippen LogP contribution in [0.4, 0.5) is 5.69 Å². The number of carbonyl (C=O) groups is 1. The zero-order valence-electron chi connectivity index (χ0n) is 11.8. The van der Waals surface area contributed by atoms with Crippen molar-refractivity contribution in [2.45, 2.75) is 18.7 Å². The third kappa shape index (κ3) is 3.94. The molecule has 0 fully saturated rings. The average molecular weight is 300 g/mol. The molecular formula is C13H20N2O4S. The minimum atomic E-state index is -3.58. The van der Waals surface area contributed by atoms with Gasteiger partial charge in [-0.25, -0.2) is 13.1 Å². The first-order chi connectivity index (χ1) is 9.29. The highest BCUT2D eigenvalue weighted by Crippen LogP contribution is 2.21. The van der Waals surface area contributed by atoms with Gasteiger partial charge in [-0.1, -0.05) is 26.0 Å². The lowest BCUT2D eigenvalue weighted by atomic mass is 9.96. The van der Waals surface area contributed by atoms with Crippen LogP contribution in [0.2, 0.25) is 0 Å². The van der Waals surface area contributed by atoms with E-state index >= 15 is 0 Å². The summed E-state index contributed by atoms with van der Waals surface area (Å²) in [6, 6.07) is 6.40. The van der Waals surface area contributed by atoms with Gasteiger partial charge in [-0.2, -0.15) is 0 Å². The molecule has 0 radical (unpaired) electrons. The molecule has 0 heterocycles. The van der Waals surface area contributed by atoms with E-state index < -0.39 is 21.9 Å². The number of carboxylic acids is 1. The van der Waals surface area contributed by atoms with E-state index in [9.17, 15) is 13.2 Å². The first-order valence-corrected chi connectivity index (χ1v) is 7.77. The molecule has 0 aliphatic rings. The molecule has 0 aromatic heterocycles. The Kier molecular flexibility index (Phi) is 5.52. The summed E-state index contributed by atoms with van der Waals surface area (Å²) in [5, 5.41) is 12.0. The average Bonchev–Trinajstić information content (AvgIpc) is 2.38. The maximum atomic E-state index is 11.9. The standard InChI is InChI=1S/C13H20N2O4S/c1-9(2)10(13(16)17)8-15-11-6-4-5-7-12(11)20(18,19)14-3/h4-7,9-10,14-15H,8H2,1-3H3,(H,16,17). The summed E-state index contributed by atoms with van der Waals surface area (Å²) in [6.07, 6.45) is 0. The Morgan fingerprint density at radius 3 is 2.40 bits per heavy atom. The molecule has 112 valence electrons. The number of rotatable bonds is 7. The highest BCUT2D eigenvalue weighted by molar-refractivity contribution is 7.89. The van der Waals surface area contributed by atoms with Crippen molar-refractivity contribution in [3.05, 3.63) is 24.3 Å². The van der Waals surface area contributed by atoms with Gasteiger partial charge in [0.2, 0.25) is 10.0 Å². The van der Waals surface area contributed by atoms with Gasteiger partial charge < -0.3 is 10.4 Å². The first-order valence-electron chi connectivity index (χ1n) is 6.29. The third-order valence-corrected chi connectivity index (χ3v) is 4.55. The maximum absolute atomic E-state index is 11.9. The summed E-state index contributed by atoms with van der Waals surface area (Å²) in [7, 11) is -2.24. The topological polar surface area (TPSA) is 95.5 Å². The van der Waals surface area contributed by atoms with Gasteiger partial charge in [-0.3, -0.25) is 4.79 Å². The summed E-state index contributed by atoms with van der Waals surface area (Å²) < 4.78 is 26.0. The quantitative estimate of drug-likeness (QED) is 0.706. The van der Waals surface area contributed by atoms with Gasteiger partial charge in [0.15, 0.2) is 0 Å². The second kappa shape index (κ2) is 6.71. The Hall–Kier alpha value is -1.60. The molecule has 0 saturated heterocycles. The molecule has 0 saturated carbocycles. The molecule has 0 spiro atoms. The second-order valence-corrected chi connectivity index (χ2v) is 6.63. The predicted molar refractivity (Wildman–Crippen MR) is 77.1 cm³/mol. The summed E-state index contributed by atoms with van der Waals surface area (Å²) >= 11 is 0. The smallest absolute Gasteiger partial charge is 0.308 e. The molecule has 7 heteroatoms. The van der Waals surface area contributed by atoms with Gasteiger partial charge in [0.05, 0.1) is 11.6 Å². The predicted octanol–water partition coefficient (Wildman–Crippen LogP) is 1.36. The second-order valence-electron chi connectivity index (χ2n) is 4.77. The van der Waals surface area contributed by atoms with E-state index in [1.807, 2.05) is 13.8 Å². The molecule has 1 aromatic carbocycles. The molecule has 6 nitrogen and oxygen atoms in total. The van der Waals surface area contributed by atoms with Crippen molar-refractivity contribution in [2.75, 3.05) is 18.9 Å². The van der Waals surface area contributed by atoms with Crippen molar-refractivity contribution >= 4 is 21.7 Å². The molecule has 0 amide bonds. The first kappa shape index (κ1) is 16.5. The zero-order chi connectivity index (χ0) is 15.3. The number of anilines is 1. The van der Waals surface area contributed by atoms with E-state index in [2.05, 4.69) is 10.0 Å². The van der Waals surface area contributed by atoms with Crippen LogP contribution >= 0.6 is 0 Å². The monoisotopic (exact) mass is 300 g/mol. The fourth-order valence-corrected chi connectivity index (χ4v) is 2.69. The maximum Gasteiger partial charge on any atom is 0.308 e. The summed E-state index contributed by atoms with van der Waals surface area (Å²) in [4.78, 5) is 11.2. The van der Waals surface area contributed by atoms with Crippen molar-refractivity contribution < 1.29 is 18.3 Å². The summed E-state index contributed by atoms with van der Waals surface area (Å²) in [6.45, 7) is 3.80. The van der Waals surface area contributed by atoms with E-state index in [4.69, 9.17) is 5.11 Å². The lowest BCUT2D eigenvalue weighted by Crippen LogP contribution is -2.28. The lowest BCUT2D eigenvalue weighted by molar-refractivity contribution is -0.142. The van der Waals surface area contributed by atoms with Crippen molar-refractivity contribution in [3.63, 3.8) is 0 Å². The Bertz CT molecular complexity index is 569. The van der Waals surface area contributed by atoms with E-state index in [-0.39, 0.29) is 17.4 Å². The van der Waals surface area contributed by atoms with Gasteiger partial charge >= 0.3 is 5.97 Å². The Morgan fingerprint density at radius 2 is 1.90 bits per heavy atom. The highest BCUT2D eigenvalue weighted by atomic mass is 32.2. The number of benzene rings is 1. The Labute approximate surface area is 119 Å². The van der Waals surface area contributed by atoms with Crippen molar-refractivity contribution in [3.8, 4) is 0 Å². The number of para-hydroxylation sites is 1. The number of aliphatic carboxylic acids is 1. The minimum absolute atomic E-state index is 0.0481. The minimum Gasteiger partial charge on any atom is -0.481 e. The number of hydrogen-bond acceptors (Lipinski definition) is 4. The molecule has 1 unspecified atom stereocenters. The van der Waals surface area contributed by atoms with Crippen LogP contribution < -0.4 is 10.0 Å². The Balaban J connectivity index is 2.97. The SMILES string of the molecule is CNS(=O)(=O)c1ccccc1NCC(C(=O)O)C(C)C. The summed E-state index contributed by atoms with van der Waals surface area (Å²) in [5.74, 6) is -1.53. The highest BCUT2D eigenvalue weighted by Gasteiger charge is 2.22. The van der Waals surface area contributed by atoms with Crippen LogP contribution in [-0.2, 0) is 14.8 Å². The van der Waals surface area contributed by atoms with Gasteiger partial charge in [-0.15, -0.1) is 0 Å². The largest absolute Gasteiger partial charge is 0.481 e. The van der Waals surface area contributed by atoms with Crippen LogP contribution in [0.25, 0.3) is 0 Å². The Morgan fingerprint density at radius 1 is 1.30 bits per heavy atom. The number of sulfonamides is 1. The lowest BCUT2D eigenvalue weighted by Gasteiger charge is -2.19. The zero-order valence-corrected chi connectivity index (χ0v) is 12.6. The van der Waals surface area contributed by atoms with Crippen LogP contribution in [0.3, 0.4) is 0 Å². The molecule has 0 bridgehead atoms. The molecule has 1 atom stereocenters. The third-order valence-electron chi connectivity index (χ3n) is 3.08. The van der Waals surface area contributed by atoms with Crippen LogP contribution in [-0.4, -0.2) is 33.1 Å². The number of hydrogen-bond donors (Lipinski definition) is 3. The van der Waals surface area contributed by atoms with E-state index in [0.717, 1.165) is 0 Å². The van der Waals surface area contributed by atoms with Gasteiger partial charge in [0.1, 0.15) is 4.90 Å². The van der Waals surface area contributed by atoms with E-state index in [1.165, 1.54) is 13.1 Å². The molecule has 1 rings (SSSR count). The normalized spacial score (nSPS) is 13.2. The number of nitrogens with one attached hydrogen (secondary N) is 2. The molecule has 3 N–H and O–H groups in total. The van der Waals surface area contributed by atoms with Crippen LogP contribution in [0, 0.1) is 11.8 Å². The van der Waals surface area contributed by atoms with Crippen molar-refractivity contribution in [1.82, 2.24) is 4.72 Å². The van der Waals surface area contributed by atoms with Gasteiger partial charge in [0, 0.05) is 6.54 Å². The number of carboxylic acid groups (broad SMARTS) is 1. The molecule has 0 aliphatic heterocycles. The van der Waals surface area contributed by atoms with Crippen LogP contribution in [0.15, 0.2) is 29.2 Å². The fourth-order valence-electron chi connectivity index (χ4n) is 1.79. The molecule has 20 heavy (non-hydrogen) atoms. The van der Waals surface area contributed by atoms with Crippen molar-refractivity contribution in [1.29, 1.82) is 0 Å². The molecule has 0 aliphatic carbocycles. The van der Waals surface area contributed by atoms with Crippen LogP contribution in [0.5, 0.6) is 0 Å². The molecular weight excluding hydrogens is 280 g/mol. The van der Waals surface area contributed by atoms with Gasteiger partial charge in [0.25, 0.3) is 0 Å².